The lowest BCUT2D eigenvalue weighted by Gasteiger charge is -2.12. The first-order valence-electron chi connectivity index (χ1n) is 2.95. The lowest BCUT2D eigenvalue weighted by atomic mass is 10.2. The van der Waals surface area contributed by atoms with E-state index in [0.29, 0.717) is 0 Å². The van der Waals surface area contributed by atoms with Gasteiger partial charge in [-0.25, -0.2) is 4.39 Å². The molecule has 0 spiro atoms. The van der Waals surface area contributed by atoms with Crippen molar-refractivity contribution in [3.8, 4) is 0 Å². The van der Waals surface area contributed by atoms with Crippen LogP contribution in [0, 0.1) is 5.82 Å². The molecule has 6 heteroatoms. The van der Waals surface area contributed by atoms with Gasteiger partial charge in [-0.2, -0.15) is 0 Å². The van der Waals surface area contributed by atoms with Gasteiger partial charge >= 0.3 is 0 Å². The Hall–Kier alpha value is -0.850. The molecule has 0 aliphatic heterocycles. The topological polar surface area (TPSA) is 69.7 Å². The summed E-state index contributed by atoms with van der Waals surface area (Å²) in [5, 5.41) is 16.8. The van der Waals surface area contributed by atoms with Crippen molar-refractivity contribution in [2.75, 3.05) is 11.0 Å². The van der Waals surface area contributed by atoms with Gasteiger partial charge in [-0.3, -0.25) is 10.4 Å². The summed E-state index contributed by atoms with van der Waals surface area (Å²) in [6, 6.07) is 2.72. The smallest absolute Gasteiger partial charge is 0.167 e. The van der Waals surface area contributed by atoms with Crippen LogP contribution >= 0.6 is 15.9 Å². The van der Waals surface area contributed by atoms with Crippen molar-refractivity contribution in [2.45, 2.75) is 0 Å². The van der Waals surface area contributed by atoms with E-state index in [9.17, 15) is 4.39 Å². The Kier molecular flexibility index (Phi) is 2.51. The van der Waals surface area contributed by atoms with Crippen LogP contribution in [0.1, 0.15) is 0 Å². The molecule has 0 amide bonds. The Balaban J connectivity index is 3.33. The fourth-order valence-corrected chi connectivity index (χ4v) is 1.08. The van der Waals surface area contributed by atoms with Gasteiger partial charge in [0.1, 0.15) is 0 Å². The van der Waals surface area contributed by atoms with Crippen molar-refractivity contribution < 1.29 is 14.8 Å². The van der Waals surface area contributed by atoms with Gasteiger partial charge < -0.3 is 5.73 Å². The highest BCUT2D eigenvalue weighted by atomic mass is 79.9. The Morgan fingerprint density at radius 2 is 2.00 bits per heavy atom. The van der Waals surface area contributed by atoms with Crippen LogP contribution in [-0.4, -0.2) is 10.4 Å². The first-order valence-corrected chi connectivity index (χ1v) is 3.74. The van der Waals surface area contributed by atoms with Crippen LogP contribution in [-0.2, 0) is 0 Å². The summed E-state index contributed by atoms with van der Waals surface area (Å²) in [5.41, 5.74) is 4.75. The monoisotopic (exact) mass is 236 g/mol. The molecule has 0 aromatic heterocycles. The highest BCUT2D eigenvalue weighted by Gasteiger charge is 2.14. The highest BCUT2D eigenvalue weighted by molar-refractivity contribution is 9.10. The van der Waals surface area contributed by atoms with Crippen molar-refractivity contribution >= 4 is 27.3 Å². The van der Waals surface area contributed by atoms with Gasteiger partial charge in [0.2, 0.25) is 0 Å². The third-order valence-electron chi connectivity index (χ3n) is 1.30. The molecule has 0 heterocycles. The number of nitrogen functional groups attached to an aromatic ring is 1. The van der Waals surface area contributed by atoms with Crippen LogP contribution < -0.4 is 11.0 Å². The van der Waals surface area contributed by atoms with Gasteiger partial charge in [-0.15, -0.1) is 5.23 Å². The van der Waals surface area contributed by atoms with Gasteiger partial charge in [-0.05, 0) is 28.1 Å². The molecule has 12 heavy (non-hydrogen) atoms. The van der Waals surface area contributed by atoms with Crippen LogP contribution in [0.5, 0.6) is 0 Å². The quantitative estimate of drug-likeness (QED) is 0.514. The molecule has 4 N–H and O–H groups in total. The maximum atomic E-state index is 13.0. The molecular weight excluding hydrogens is 231 g/mol. The van der Waals surface area contributed by atoms with Crippen LogP contribution in [0.2, 0.25) is 0 Å². The zero-order valence-electron chi connectivity index (χ0n) is 5.83. The highest BCUT2D eigenvalue weighted by Crippen LogP contribution is 2.30. The molecule has 66 valence electrons. The largest absolute Gasteiger partial charge is 0.397 e. The fraction of sp³-hybridized carbons (Fsp3) is 0. The van der Waals surface area contributed by atoms with Crippen LogP contribution in [0.4, 0.5) is 15.8 Å². The van der Waals surface area contributed by atoms with E-state index in [4.69, 9.17) is 16.1 Å². The number of benzene rings is 1. The lowest BCUT2D eigenvalue weighted by molar-refractivity contribution is 0.0276. The molecule has 0 radical (unpaired) electrons. The fourth-order valence-electron chi connectivity index (χ4n) is 0.758. The number of hydrogen-bond acceptors (Lipinski definition) is 4. The third kappa shape index (κ3) is 1.50. The molecule has 1 aromatic carbocycles. The van der Waals surface area contributed by atoms with E-state index in [1.165, 1.54) is 12.1 Å². The first kappa shape index (κ1) is 9.24. The van der Waals surface area contributed by atoms with E-state index < -0.39 is 11.5 Å². The van der Waals surface area contributed by atoms with E-state index in [2.05, 4.69) is 15.9 Å². The maximum Gasteiger partial charge on any atom is 0.167 e. The van der Waals surface area contributed by atoms with Crippen molar-refractivity contribution in [2.24, 2.45) is 0 Å². The second-order valence-electron chi connectivity index (χ2n) is 2.09. The van der Waals surface area contributed by atoms with Crippen LogP contribution in [0.15, 0.2) is 16.6 Å². The Labute approximate surface area is 76.1 Å². The van der Waals surface area contributed by atoms with Gasteiger partial charge in [0.15, 0.2) is 11.5 Å². The first-order chi connectivity index (χ1) is 5.54. The van der Waals surface area contributed by atoms with Crippen molar-refractivity contribution in [3.05, 3.63) is 22.4 Å². The standard InChI is InChI=1S/C6H6BrFN2O2/c7-3-1-2-4(9)6(5(3)8)10(11)12/h1-2,11-12H,9H2. The molecule has 0 bridgehead atoms. The third-order valence-corrected chi connectivity index (χ3v) is 1.91. The second kappa shape index (κ2) is 3.26. The minimum Gasteiger partial charge on any atom is -0.397 e. The summed E-state index contributed by atoms with van der Waals surface area (Å²) in [5.74, 6) is -0.819. The van der Waals surface area contributed by atoms with Gasteiger partial charge in [0.05, 0.1) is 10.2 Å². The molecule has 0 atom stereocenters. The van der Waals surface area contributed by atoms with Crippen molar-refractivity contribution in [3.63, 3.8) is 0 Å². The maximum absolute atomic E-state index is 13.0. The molecule has 4 nitrogen and oxygen atoms in total. The molecule has 0 fully saturated rings. The lowest BCUT2D eigenvalue weighted by Crippen LogP contribution is -2.15. The minimum atomic E-state index is -0.819. The SMILES string of the molecule is Nc1ccc(Br)c(F)c1N(O)O. The predicted molar refractivity (Wildman–Crippen MR) is 44.6 cm³/mol. The molecule has 1 rings (SSSR count). The molecular formula is C6H6BrFN2O2. The number of nitrogens with two attached hydrogens (primary N) is 1. The molecule has 1 aromatic rings. The van der Waals surface area contributed by atoms with Crippen molar-refractivity contribution in [1.29, 1.82) is 0 Å². The number of hydrogen-bond donors (Lipinski definition) is 3. The zero-order valence-corrected chi connectivity index (χ0v) is 7.42. The van der Waals surface area contributed by atoms with E-state index in [-0.39, 0.29) is 15.4 Å². The normalized spacial score (nSPS) is 10.0. The number of anilines is 2. The molecule has 0 unspecified atom stereocenters. The average Bonchev–Trinajstić information content (AvgIpc) is 1.97. The number of rotatable bonds is 1. The summed E-state index contributed by atoms with van der Waals surface area (Å²) in [6.07, 6.45) is 0. The van der Waals surface area contributed by atoms with E-state index >= 15 is 0 Å². The van der Waals surface area contributed by atoms with Gasteiger partial charge in [0, 0.05) is 0 Å². The zero-order chi connectivity index (χ0) is 9.30. The summed E-state index contributed by atoms with van der Waals surface area (Å²) in [4.78, 5) is 0. The summed E-state index contributed by atoms with van der Waals surface area (Å²) in [6.45, 7) is 0. The molecule has 0 aliphatic carbocycles. The average molecular weight is 237 g/mol. The van der Waals surface area contributed by atoms with Crippen LogP contribution in [0.3, 0.4) is 0 Å². The Morgan fingerprint density at radius 1 is 1.42 bits per heavy atom. The van der Waals surface area contributed by atoms with Crippen molar-refractivity contribution in [1.82, 2.24) is 0 Å². The minimum absolute atomic E-state index is 0.0549. The Morgan fingerprint density at radius 3 is 2.42 bits per heavy atom. The summed E-state index contributed by atoms with van der Waals surface area (Å²) < 4.78 is 13.1. The summed E-state index contributed by atoms with van der Waals surface area (Å²) >= 11 is 2.87. The second-order valence-corrected chi connectivity index (χ2v) is 2.94. The molecule has 0 aliphatic rings. The van der Waals surface area contributed by atoms with Crippen LogP contribution in [0.25, 0.3) is 0 Å². The van der Waals surface area contributed by atoms with E-state index in [1.54, 1.807) is 0 Å². The van der Waals surface area contributed by atoms with Gasteiger partial charge in [-0.1, -0.05) is 0 Å². The summed E-state index contributed by atoms with van der Waals surface area (Å²) in [7, 11) is 0. The van der Waals surface area contributed by atoms with Gasteiger partial charge in [0.25, 0.3) is 0 Å². The molecule has 0 saturated heterocycles. The predicted octanol–water partition coefficient (Wildman–Crippen LogP) is 1.76. The number of nitrogens with zero attached hydrogens (tertiary/aromatic N) is 1. The van der Waals surface area contributed by atoms with E-state index in [0.717, 1.165) is 0 Å². The number of halogens is 2. The van der Waals surface area contributed by atoms with E-state index in [1.807, 2.05) is 0 Å². The molecule has 0 saturated carbocycles. The Bertz CT molecular complexity index is 306.